The van der Waals surface area contributed by atoms with Gasteiger partial charge in [0, 0.05) is 12.8 Å². The summed E-state index contributed by atoms with van der Waals surface area (Å²) < 4.78 is 16.8. The first-order valence-corrected chi connectivity index (χ1v) is 32.5. The number of ether oxygens (including phenoxy) is 3. The van der Waals surface area contributed by atoms with Crippen molar-refractivity contribution < 1.29 is 28.6 Å². The second kappa shape index (κ2) is 65.3. The first-order chi connectivity index (χ1) is 38.5. The van der Waals surface area contributed by atoms with Gasteiger partial charge >= 0.3 is 17.9 Å². The molecular formula is C72H120O6. The van der Waals surface area contributed by atoms with Crippen LogP contribution in [0.2, 0.25) is 0 Å². The Morgan fingerprint density at radius 2 is 0.538 bits per heavy atom. The number of carbonyl (C=O) groups is 3. The average molecular weight is 1080 g/mol. The van der Waals surface area contributed by atoms with E-state index in [0.717, 1.165) is 103 Å². The Bertz CT molecular complexity index is 1620. The molecule has 0 aliphatic carbocycles. The van der Waals surface area contributed by atoms with Crippen molar-refractivity contribution in [2.45, 2.75) is 303 Å². The summed E-state index contributed by atoms with van der Waals surface area (Å²) in [6, 6.07) is 0. The number of unbranched alkanes of at least 4 members (excludes halogenated alkanes) is 28. The Kier molecular flexibility index (Phi) is 61.8. The van der Waals surface area contributed by atoms with Crippen LogP contribution in [-0.4, -0.2) is 37.2 Å². The van der Waals surface area contributed by atoms with E-state index in [1.54, 1.807) is 6.08 Å². The summed E-state index contributed by atoms with van der Waals surface area (Å²) in [6.07, 6.45) is 91.1. The van der Waals surface area contributed by atoms with Gasteiger partial charge in [0.05, 0.1) is 6.42 Å². The fraction of sp³-hybridized carbons (Fsp3) is 0.681. The predicted octanol–water partition coefficient (Wildman–Crippen LogP) is 22.4. The molecule has 444 valence electrons. The highest BCUT2D eigenvalue weighted by atomic mass is 16.6. The normalized spacial score (nSPS) is 12.9. The summed E-state index contributed by atoms with van der Waals surface area (Å²) in [6.45, 7) is 6.34. The van der Waals surface area contributed by atoms with Gasteiger partial charge in [0.1, 0.15) is 13.2 Å². The molecule has 0 rings (SSSR count). The lowest BCUT2D eigenvalue weighted by molar-refractivity contribution is -0.166. The third-order valence-electron chi connectivity index (χ3n) is 13.7. The molecule has 0 aliphatic rings. The molecule has 0 aromatic carbocycles. The molecule has 0 aromatic heterocycles. The Morgan fingerprint density at radius 1 is 0.282 bits per heavy atom. The van der Waals surface area contributed by atoms with Crippen molar-refractivity contribution in [2.75, 3.05) is 13.2 Å². The van der Waals surface area contributed by atoms with E-state index in [0.29, 0.717) is 12.8 Å². The third-order valence-corrected chi connectivity index (χ3v) is 13.7. The van der Waals surface area contributed by atoms with Gasteiger partial charge < -0.3 is 14.2 Å². The predicted molar refractivity (Wildman–Crippen MR) is 339 cm³/mol. The van der Waals surface area contributed by atoms with E-state index in [-0.39, 0.29) is 31.6 Å². The SMILES string of the molecule is CC/C=C\C/C=C\C/C=C\C/C=C\C/C=C\CCCCCCCCCCCCCCCCCCCC(=O)OCC(COC(=O)CCCCCCCCCCCCCC)OC(=O)C/C=C\C/C=C\C/C=C\C/C=C\C/C=C\CC. The van der Waals surface area contributed by atoms with Gasteiger partial charge in [-0.2, -0.15) is 0 Å². The molecule has 0 spiro atoms. The van der Waals surface area contributed by atoms with E-state index in [4.69, 9.17) is 14.2 Å². The smallest absolute Gasteiger partial charge is 0.310 e. The molecule has 0 heterocycles. The number of hydrogen-bond acceptors (Lipinski definition) is 6. The lowest BCUT2D eigenvalue weighted by Crippen LogP contribution is -2.30. The largest absolute Gasteiger partial charge is 0.462 e. The van der Waals surface area contributed by atoms with Crippen molar-refractivity contribution >= 4 is 17.9 Å². The Morgan fingerprint density at radius 3 is 0.846 bits per heavy atom. The van der Waals surface area contributed by atoms with Crippen LogP contribution < -0.4 is 0 Å². The maximum absolute atomic E-state index is 12.8. The number of esters is 3. The first-order valence-electron chi connectivity index (χ1n) is 32.5. The van der Waals surface area contributed by atoms with Crippen LogP contribution in [0.25, 0.3) is 0 Å². The van der Waals surface area contributed by atoms with Crippen molar-refractivity contribution in [1.82, 2.24) is 0 Å². The molecule has 0 saturated carbocycles. The summed E-state index contributed by atoms with van der Waals surface area (Å²) in [5, 5.41) is 0. The summed E-state index contributed by atoms with van der Waals surface area (Å²) >= 11 is 0. The molecule has 0 saturated heterocycles. The minimum absolute atomic E-state index is 0.0970. The van der Waals surface area contributed by atoms with Crippen molar-refractivity contribution in [3.05, 3.63) is 122 Å². The zero-order valence-corrected chi connectivity index (χ0v) is 50.9. The van der Waals surface area contributed by atoms with Crippen molar-refractivity contribution in [3.63, 3.8) is 0 Å². The molecule has 78 heavy (non-hydrogen) atoms. The number of allylic oxidation sites excluding steroid dienone is 19. The van der Waals surface area contributed by atoms with Crippen LogP contribution in [-0.2, 0) is 28.6 Å². The standard InChI is InChI=1S/C72H120O6/c1-4-7-10-13-16-19-22-25-27-28-29-30-31-32-33-34-35-36-37-38-39-40-41-42-43-44-46-47-50-53-56-59-62-65-71(74)77-68-69(67-76-70(73)64-61-58-55-52-49-24-21-18-15-12-9-6-3)78-72(75)66-63-60-57-54-51-48-45-26-23-20-17-14-11-8-5-2/h7-8,10-11,16-17,19-20,25-27,29-30,32-33,45,51,54,60,63,69H,4-6,9,12-15,18,21-24,28,31,34-44,46-50,52-53,55-59,61-62,64-68H2,1-3H3/b10-7-,11-8-,19-16-,20-17-,27-25-,30-29-,33-32-,45-26-,54-51-,63-60-. The van der Waals surface area contributed by atoms with E-state index in [9.17, 15) is 14.4 Å². The van der Waals surface area contributed by atoms with Crippen LogP contribution in [0.1, 0.15) is 297 Å². The fourth-order valence-corrected chi connectivity index (χ4v) is 8.96. The van der Waals surface area contributed by atoms with Crippen molar-refractivity contribution in [2.24, 2.45) is 0 Å². The first kappa shape index (κ1) is 73.8. The molecule has 0 N–H and O–H groups in total. The van der Waals surface area contributed by atoms with Crippen LogP contribution in [0, 0.1) is 0 Å². The Balaban J connectivity index is 4.20. The maximum atomic E-state index is 12.8. The van der Waals surface area contributed by atoms with Crippen LogP contribution >= 0.6 is 0 Å². The third kappa shape index (κ3) is 62.7. The second-order valence-corrected chi connectivity index (χ2v) is 21.3. The molecule has 0 aliphatic heterocycles. The highest BCUT2D eigenvalue weighted by Gasteiger charge is 2.19. The van der Waals surface area contributed by atoms with Gasteiger partial charge in [-0.15, -0.1) is 0 Å². The van der Waals surface area contributed by atoms with Gasteiger partial charge in [0.2, 0.25) is 0 Å². The zero-order valence-electron chi connectivity index (χ0n) is 50.9. The molecule has 6 heteroatoms. The van der Waals surface area contributed by atoms with Gasteiger partial charge in [-0.1, -0.05) is 309 Å². The zero-order chi connectivity index (χ0) is 56.4. The lowest BCUT2D eigenvalue weighted by Gasteiger charge is -2.18. The van der Waals surface area contributed by atoms with Crippen molar-refractivity contribution in [1.29, 1.82) is 0 Å². The molecule has 0 amide bonds. The van der Waals surface area contributed by atoms with Gasteiger partial charge in [-0.25, -0.2) is 0 Å². The summed E-state index contributed by atoms with van der Waals surface area (Å²) in [4.78, 5) is 38.1. The molecule has 1 unspecified atom stereocenters. The quantitative estimate of drug-likeness (QED) is 0.0261. The van der Waals surface area contributed by atoms with Gasteiger partial charge in [0.25, 0.3) is 0 Å². The van der Waals surface area contributed by atoms with Crippen molar-refractivity contribution in [3.8, 4) is 0 Å². The number of carbonyl (C=O) groups excluding carboxylic acids is 3. The lowest BCUT2D eigenvalue weighted by atomic mass is 10.0. The molecule has 0 fully saturated rings. The monoisotopic (exact) mass is 1080 g/mol. The topological polar surface area (TPSA) is 78.9 Å². The average Bonchev–Trinajstić information content (AvgIpc) is 3.44. The van der Waals surface area contributed by atoms with E-state index in [1.807, 2.05) is 6.08 Å². The summed E-state index contributed by atoms with van der Waals surface area (Å²) in [5.74, 6) is -1.04. The van der Waals surface area contributed by atoms with Crippen LogP contribution in [0.15, 0.2) is 122 Å². The molecule has 6 nitrogen and oxygen atoms in total. The summed E-state index contributed by atoms with van der Waals surface area (Å²) in [5.41, 5.74) is 0. The maximum Gasteiger partial charge on any atom is 0.310 e. The fourth-order valence-electron chi connectivity index (χ4n) is 8.96. The van der Waals surface area contributed by atoms with Crippen LogP contribution in [0.4, 0.5) is 0 Å². The molecule has 0 aromatic rings. The minimum atomic E-state index is -0.831. The van der Waals surface area contributed by atoms with E-state index in [2.05, 4.69) is 130 Å². The van der Waals surface area contributed by atoms with Gasteiger partial charge in [-0.3, -0.25) is 14.4 Å². The second-order valence-electron chi connectivity index (χ2n) is 21.3. The van der Waals surface area contributed by atoms with Gasteiger partial charge in [0.15, 0.2) is 6.10 Å². The Labute approximate surface area is 482 Å². The highest BCUT2D eigenvalue weighted by Crippen LogP contribution is 2.17. The van der Waals surface area contributed by atoms with Crippen LogP contribution in [0.3, 0.4) is 0 Å². The summed E-state index contributed by atoms with van der Waals surface area (Å²) in [7, 11) is 0. The highest BCUT2D eigenvalue weighted by molar-refractivity contribution is 5.72. The van der Waals surface area contributed by atoms with E-state index >= 15 is 0 Å². The van der Waals surface area contributed by atoms with E-state index in [1.165, 1.54) is 154 Å². The molecule has 1 atom stereocenters. The number of hydrogen-bond donors (Lipinski definition) is 0. The molecular weight excluding hydrogens is 961 g/mol. The molecule has 0 radical (unpaired) electrons. The molecule has 0 bridgehead atoms. The van der Waals surface area contributed by atoms with E-state index < -0.39 is 12.1 Å². The van der Waals surface area contributed by atoms with Crippen LogP contribution in [0.5, 0.6) is 0 Å². The van der Waals surface area contributed by atoms with Gasteiger partial charge in [-0.05, 0) is 89.9 Å². The minimum Gasteiger partial charge on any atom is -0.462 e. The Hall–Kier alpha value is -4.19. The number of rotatable bonds is 58.